The number of rotatable bonds is 6. The number of nitrogens with one attached hydrogen (secondary N) is 1. The third kappa shape index (κ3) is 5.25. The fourth-order valence-corrected chi connectivity index (χ4v) is 3.73. The van der Waals surface area contributed by atoms with E-state index in [-0.39, 0.29) is 17.0 Å². The number of pyridine rings is 1. The Morgan fingerprint density at radius 1 is 1.37 bits per heavy atom. The van der Waals surface area contributed by atoms with Gasteiger partial charge in [-0.05, 0) is 43.9 Å². The summed E-state index contributed by atoms with van der Waals surface area (Å²) in [5, 5.41) is 3.06. The molecule has 1 aromatic heterocycles. The highest BCUT2D eigenvalue weighted by molar-refractivity contribution is 6.31. The van der Waals surface area contributed by atoms with Crippen molar-refractivity contribution in [2.75, 3.05) is 33.7 Å². The lowest BCUT2D eigenvalue weighted by Crippen LogP contribution is -2.43. The van der Waals surface area contributed by atoms with E-state index in [2.05, 4.69) is 26.2 Å². The molecule has 1 aliphatic rings. The average Bonchev–Trinajstić information content (AvgIpc) is 2.98. The van der Waals surface area contributed by atoms with Gasteiger partial charge in [-0.1, -0.05) is 17.7 Å². The summed E-state index contributed by atoms with van der Waals surface area (Å²) >= 11 is 5.81. The Balaban J connectivity index is 1.68. The molecule has 0 unspecified atom stereocenters. The van der Waals surface area contributed by atoms with E-state index in [0.717, 1.165) is 31.7 Å². The van der Waals surface area contributed by atoms with Crippen molar-refractivity contribution in [1.82, 2.24) is 20.1 Å². The Hall–Kier alpha value is -2.02. The molecule has 7 heteroatoms. The van der Waals surface area contributed by atoms with E-state index in [1.807, 2.05) is 26.4 Å². The molecular weight excluding hydrogens is 367 g/mol. The Bertz CT molecular complexity index is 787. The van der Waals surface area contributed by atoms with Gasteiger partial charge in [0.1, 0.15) is 5.82 Å². The standard InChI is InChI=1S/C20H24ClFN4O/c1-25(2)11-16-12-26(10-14-4-3-7-23-9-14)13-19(16)24-20(27)15-5-6-18(22)17(21)8-15/h3-9,16,19H,10-13H2,1-2H3,(H,24,27)/t16-,19-/m1/s1. The summed E-state index contributed by atoms with van der Waals surface area (Å²) in [6, 6.07) is 8.05. The van der Waals surface area contributed by atoms with Gasteiger partial charge < -0.3 is 10.2 Å². The van der Waals surface area contributed by atoms with Gasteiger partial charge >= 0.3 is 0 Å². The maximum absolute atomic E-state index is 13.3. The van der Waals surface area contributed by atoms with Crippen LogP contribution in [0.4, 0.5) is 4.39 Å². The zero-order valence-corrected chi connectivity index (χ0v) is 16.3. The van der Waals surface area contributed by atoms with Gasteiger partial charge in [0.2, 0.25) is 0 Å². The van der Waals surface area contributed by atoms with Crippen molar-refractivity contribution in [2.24, 2.45) is 5.92 Å². The van der Waals surface area contributed by atoms with Gasteiger partial charge in [-0.3, -0.25) is 14.7 Å². The number of likely N-dealkylation sites (tertiary alicyclic amines) is 1. The maximum Gasteiger partial charge on any atom is 0.251 e. The predicted octanol–water partition coefficient (Wildman–Crippen LogP) is 2.67. The highest BCUT2D eigenvalue weighted by atomic mass is 35.5. The first kappa shape index (κ1) is 19.7. The second-order valence-electron chi connectivity index (χ2n) is 7.29. The van der Waals surface area contributed by atoms with E-state index in [0.29, 0.717) is 11.5 Å². The monoisotopic (exact) mass is 390 g/mol. The van der Waals surface area contributed by atoms with Crippen LogP contribution in [0.2, 0.25) is 5.02 Å². The summed E-state index contributed by atoms with van der Waals surface area (Å²) < 4.78 is 13.3. The Labute approximate surface area is 164 Å². The summed E-state index contributed by atoms with van der Waals surface area (Å²) in [5.41, 5.74) is 1.52. The molecule has 144 valence electrons. The molecule has 3 rings (SSSR count). The van der Waals surface area contributed by atoms with Crippen LogP contribution >= 0.6 is 11.6 Å². The minimum atomic E-state index is -0.526. The highest BCUT2D eigenvalue weighted by Crippen LogP contribution is 2.21. The third-order valence-corrected chi connectivity index (χ3v) is 5.03. The van der Waals surface area contributed by atoms with Gasteiger partial charge in [0.15, 0.2) is 0 Å². The van der Waals surface area contributed by atoms with Gasteiger partial charge in [0, 0.05) is 56.1 Å². The maximum atomic E-state index is 13.3. The molecule has 0 saturated carbocycles. The SMILES string of the molecule is CN(C)C[C@@H]1CN(Cc2cccnc2)C[C@H]1NC(=O)c1ccc(F)c(Cl)c1. The van der Waals surface area contributed by atoms with E-state index < -0.39 is 5.82 Å². The molecule has 2 atom stereocenters. The first-order chi connectivity index (χ1) is 12.9. The molecule has 1 aliphatic heterocycles. The summed E-state index contributed by atoms with van der Waals surface area (Å²) in [6.45, 7) is 3.32. The summed E-state index contributed by atoms with van der Waals surface area (Å²) in [6.07, 6.45) is 3.63. The number of carbonyl (C=O) groups excluding carboxylic acids is 1. The van der Waals surface area contributed by atoms with Gasteiger partial charge in [0.05, 0.1) is 5.02 Å². The molecular formula is C20H24ClFN4O. The highest BCUT2D eigenvalue weighted by Gasteiger charge is 2.34. The molecule has 0 bridgehead atoms. The van der Waals surface area contributed by atoms with Crippen molar-refractivity contribution in [1.29, 1.82) is 0 Å². The molecule has 0 radical (unpaired) electrons. The number of carbonyl (C=O) groups is 1. The number of hydrogen-bond donors (Lipinski definition) is 1. The number of hydrogen-bond acceptors (Lipinski definition) is 4. The van der Waals surface area contributed by atoms with Crippen LogP contribution in [-0.4, -0.2) is 60.5 Å². The van der Waals surface area contributed by atoms with E-state index in [1.54, 1.807) is 6.20 Å². The number of amides is 1. The van der Waals surface area contributed by atoms with Crippen LogP contribution < -0.4 is 5.32 Å². The molecule has 1 saturated heterocycles. The molecule has 5 nitrogen and oxygen atoms in total. The lowest BCUT2D eigenvalue weighted by molar-refractivity contribution is 0.0926. The van der Waals surface area contributed by atoms with Crippen LogP contribution in [0.5, 0.6) is 0 Å². The predicted molar refractivity (Wildman–Crippen MR) is 104 cm³/mol. The van der Waals surface area contributed by atoms with Crippen LogP contribution in [0.15, 0.2) is 42.7 Å². The molecule has 27 heavy (non-hydrogen) atoms. The van der Waals surface area contributed by atoms with E-state index >= 15 is 0 Å². The average molecular weight is 391 g/mol. The molecule has 0 spiro atoms. The quantitative estimate of drug-likeness (QED) is 0.823. The van der Waals surface area contributed by atoms with Gasteiger partial charge in [-0.25, -0.2) is 4.39 Å². The third-order valence-electron chi connectivity index (χ3n) is 4.74. The lowest BCUT2D eigenvalue weighted by atomic mass is 10.0. The topological polar surface area (TPSA) is 48.5 Å². The van der Waals surface area contributed by atoms with Crippen LogP contribution in [-0.2, 0) is 6.54 Å². The first-order valence-corrected chi connectivity index (χ1v) is 9.32. The normalized spacial score (nSPS) is 20.2. The Morgan fingerprint density at radius 2 is 2.19 bits per heavy atom. The summed E-state index contributed by atoms with van der Waals surface area (Å²) in [4.78, 5) is 21.3. The molecule has 2 heterocycles. The largest absolute Gasteiger partial charge is 0.348 e. The zero-order chi connectivity index (χ0) is 19.4. The van der Waals surface area contributed by atoms with Gasteiger partial charge in [0.25, 0.3) is 5.91 Å². The smallest absolute Gasteiger partial charge is 0.251 e. The summed E-state index contributed by atoms with van der Waals surface area (Å²) in [5.74, 6) is -0.451. The van der Waals surface area contributed by atoms with Gasteiger partial charge in [-0.15, -0.1) is 0 Å². The summed E-state index contributed by atoms with van der Waals surface area (Å²) in [7, 11) is 4.06. The van der Waals surface area contributed by atoms with Gasteiger partial charge in [-0.2, -0.15) is 0 Å². The number of benzene rings is 1. The van der Waals surface area contributed by atoms with Crippen LogP contribution in [0.3, 0.4) is 0 Å². The molecule has 1 fully saturated rings. The van der Waals surface area contributed by atoms with E-state index in [1.165, 1.54) is 18.2 Å². The Morgan fingerprint density at radius 3 is 2.85 bits per heavy atom. The lowest BCUT2D eigenvalue weighted by Gasteiger charge is -2.23. The van der Waals surface area contributed by atoms with Crippen molar-refractivity contribution in [3.63, 3.8) is 0 Å². The number of halogens is 2. The second kappa shape index (κ2) is 8.78. The van der Waals surface area contributed by atoms with Crippen LogP contribution in [0, 0.1) is 11.7 Å². The minimum Gasteiger partial charge on any atom is -0.348 e. The van der Waals surface area contributed by atoms with Crippen molar-refractivity contribution in [3.8, 4) is 0 Å². The van der Waals surface area contributed by atoms with Crippen molar-refractivity contribution < 1.29 is 9.18 Å². The van der Waals surface area contributed by atoms with Crippen LogP contribution in [0.1, 0.15) is 15.9 Å². The zero-order valence-electron chi connectivity index (χ0n) is 15.5. The number of aromatic nitrogens is 1. The first-order valence-electron chi connectivity index (χ1n) is 8.94. The molecule has 2 aromatic rings. The van der Waals surface area contributed by atoms with E-state index in [4.69, 9.17) is 11.6 Å². The molecule has 1 aromatic carbocycles. The van der Waals surface area contributed by atoms with Crippen molar-refractivity contribution in [3.05, 3.63) is 64.7 Å². The van der Waals surface area contributed by atoms with Crippen molar-refractivity contribution >= 4 is 17.5 Å². The minimum absolute atomic E-state index is 0.0143. The van der Waals surface area contributed by atoms with Crippen LogP contribution in [0.25, 0.3) is 0 Å². The number of nitrogens with zero attached hydrogens (tertiary/aromatic N) is 3. The second-order valence-corrected chi connectivity index (χ2v) is 7.69. The fourth-order valence-electron chi connectivity index (χ4n) is 3.55. The Kier molecular flexibility index (Phi) is 6.42. The van der Waals surface area contributed by atoms with Crippen molar-refractivity contribution in [2.45, 2.75) is 12.6 Å². The fraction of sp³-hybridized carbons (Fsp3) is 0.400. The van der Waals surface area contributed by atoms with E-state index in [9.17, 15) is 9.18 Å². The molecule has 1 amide bonds. The molecule has 0 aliphatic carbocycles. The molecule has 1 N–H and O–H groups in total.